The van der Waals surface area contributed by atoms with Crippen molar-refractivity contribution in [1.29, 1.82) is 0 Å². The molecule has 0 aromatic heterocycles. The van der Waals surface area contributed by atoms with Crippen LogP contribution in [0.15, 0.2) is 12.2 Å². The molecule has 0 saturated heterocycles. The van der Waals surface area contributed by atoms with E-state index in [0.717, 1.165) is 0 Å². The molecule has 0 nitrogen and oxygen atoms in total. The third-order valence-electron chi connectivity index (χ3n) is 0.826. The molecule has 0 aromatic rings. The highest BCUT2D eigenvalue weighted by atomic mass is 31.0. The Kier molecular flexibility index (Phi) is 0.736. The third-order valence-corrected chi connectivity index (χ3v) is 1.25. The van der Waals surface area contributed by atoms with Crippen LogP contribution in [0.3, 0.4) is 0 Å². The van der Waals surface area contributed by atoms with Gasteiger partial charge in [0.1, 0.15) is 5.41 Å². The minimum atomic E-state index is -1.04. The average Bonchev–Trinajstić information content (AvgIpc) is 1.32. The van der Waals surface area contributed by atoms with Gasteiger partial charge in [-0.15, -0.1) is 0 Å². The molecule has 1 aliphatic rings. The van der Waals surface area contributed by atoms with Gasteiger partial charge in [-0.05, 0) is 6.08 Å². The monoisotopic (exact) mass is 104 g/mol. The van der Waals surface area contributed by atoms with Crippen LogP contribution in [0, 0.1) is 0 Å². The molecule has 0 amide bonds. The number of allylic oxidation sites excluding steroid dienone is 2. The van der Waals surface area contributed by atoms with Gasteiger partial charge in [0.15, 0.2) is 0 Å². The van der Waals surface area contributed by atoms with Gasteiger partial charge in [-0.2, -0.15) is 0 Å². The summed E-state index contributed by atoms with van der Waals surface area (Å²) >= 11 is 0. The quantitative estimate of drug-likeness (QED) is 0.322. The van der Waals surface area contributed by atoms with Crippen molar-refractivity contribution in [2.45, 2.75) is 11.8 Å². The summed E-state index contributed by atoms with van der Waals surface area (Å²) in [6.07, 6.45) is 3.92. The minimum Gasteiger partial charge on any atom is -0.235 e. The van der Waals surface area contributed by atoms with Crippen molar-refractivity contribution in [3.05, 3.63) is 12.2 Å². The maximum Gasteiger partial charge on any atom is 0.145 e. The van der Waals surface area contributed by atoms with Gasteiger partial charge in [0.2, 0.25) is 0 Å². The van der Waals surface area contributed by atoms with Gasteiger partial charge in [-0.25, -0.2) is 4.39 Å². The lowest BCUT2D eigenvalue weighted by Gasteiger charge is -2.19. The van der Waals surface area contributed by atoms with Crippen molar-refractivity contribution in [1.82, 2.24) is 0 Å². The van der Waals surface area contributed by atoms with Crippen molar-refractivity contribution in [2.24, 2.45) is 0 Å². The Balaban J connectivity index is 2.57. The molecule has 1 aliphatic carbocycles. The fourth-order valence-electron chi connectivity index (χ4n) is 0.343. The number of alkyl halides is 1. The number of rotatable bonds is 0. The molecule has 0 N–H and O–H groups in total. The summed E-state index contributed by atoms with van der Waals surface area (Å²) in [5.41, 5.74) is 0. The number of hydrogen-bond acceptors (Lipinski definition) is 0. The first-order valence-electron chi connectivity index (χ1n) is 1.86. The Morgan fingerprint density at radius 3 is 2.17 bits per heavy atom. The van der Waals surface area contributed by atoms with Crippen LogP contribution in [0.25, 0.3) is 0 Å². The van der Waals surface area contributed by atoms with Crippen molar-refractivity contribution >= 4 is 9.24 Å². The first-order valence-corrected chi connectivity index (χ1v) is 2.44. The second-order valence-corrected chi connectivity index (χ2v) is 2.49. The van der Waals surface area contributed by atoms with Crippen LogP contribution >= 0.6 is 9.24 Å². The molecule has 2 atom stereocenters. The summed E-state index contributed by atoms with van der Waals surface area (Å²) < 4.78 is 12.1. The van der Waals surface area contributed by atoms with Crippen molar-refractivity contribution in [3.8, 4) is 0 Å². The molecule has 0 heterocycles. The number of hydrogen-bond donors (Lipinski definition) is 0. The fourth-order valence-corrected chi connectivity index (χ4v) is 0.615. The Labute approximate surface area is 38.6 Å². The highest BCUT2D eigenvalue weighted by molar-refractivity contribution is 7.19. The molecule has 6 heavy (non-hydrogen) atoms. The van der Waals surface area contributed by atoms with Gasteiger partial charge in [-0.1, -0.05) is 15.3 Å². The molecule has 0 aliphatic heterocycles. The predicted molar refractivity (Wildman–Crippen MR) is 27.3 cm³/mol. The van der Waals surface area contributed by atoms with Crippen LogP contribution < -0.4 is 0 Å². The topological polar surface area (TPSA) is 0 Å². The Morgan fingerprint density at radius 1 is 1.83 bits per heavy atom. The molecule has 0 radical (unpaired) electrons. The van der Waals surface area contributed by atoms with Gasteiger partial charge in [0.25, 0.3) is 0 Å². The summed E-state index contributed by atoms with van der Waals surface area (Å²) in [4.78, 5) is 0. The standard InChI is InChI=1S/C4H6FP/c5-4(6)2-1-3-4/h1-2H,3,6H2. The predicted octanol–water partition coefficient (Wildman–Crippen LogP) is 1.49. The van der Waals surface area contributed by atoms with Gasteiger partial charge < -0.3 is 0 Å². The smallest absolute Gasteiger partial charge is 0.145 e. The Morgan fingerprint density at radius 2 is 2.17 bits per heavy atom. The highest BCUT2D eigenvalue weighted by Crippen LogP contribution is 2.33. The maximum absolute atomic E-state index is 12.1. The van der Waals surface area contributed by atoms with E-state index in [1.807, 2.05) is 6.08 Å². The van der Waals surface area contributed by atoms with Gasteiger partial charge >= 0.3 is 0 Å². The molecule has 1 rings (SSSR count). The second-order valence-electron chi connectivity index (χ2n) is 1.53. The van der Waals surface area contributed by atoms with Crippen LogP contribution in [0.5, 0.6) is 0 Å². The lowest BCUT2D eigenvalue weighted by molar-refractivity contribution is 0.334. The zero-order chi connectivity index (χ0) is 4.62. The second kappa shape index (κ2) is 1.04. The van der Waals surface area contributed by atoms with E-state index in [-0.39, 0.29) is 0 Å². The molecule has 0 fully saturated rings. The first kappa shape index (κ1) is 4.26. The number of halogens is 1. The van der Waals surface area contributed by atoms with Crippen LogP contribution in [0.4, 0.5) is 4.39 Å². The normalized spacial score (nSPS) is 42.3. The molecule has 0 bridgehead atoms. The van der Waals surface area contributed by atoms with E-state index in [0.29, 0.717) is 6.42 Å². The minimum absolute atomic E-state index is 0.567. The summed E-state index contributed by atoms with van der Waals surface area (Å²) in [6, 6.07) is 0. The van der Waals surface area contributed by atoms with Gasteiger partial charge in [0.05, 0.1) is 0 Å². The van der Waals surface area contributed by atoms with Crippen molar-refractivity contribution < 1.29 is 4.39 Å². The molecule has 0 saturated carbocycles. The van der Waals surface area contributed by atoms with Crippen LogP contribution in [-0.2, 0) is 0 Å². The van der Waals surface area contributed by atoms with E-state index < -0.39 is 5.41 Å². The third kappa shape index (κ3) is 0.601. The van der Waals surface area contributed by atoms with Crippen LogP contribution in [0.2, 0.25) is 0 Å². The molecule has 0 spiro atoms. The summed E-state index contributed by atoms with van der Waals surface area (Å²) in [6.45, 7) is 0. The largest absolute Gasteiger partial charge is 0.235 e. The van der Waals surface area contributed by atoms with Crippen molar-refractivity contribution in [2.75, 3.05) is 0 Å². The molecule has 0 aromatic carbocycles. The van der Waals surface area contributed by atoms with Crippen LogP contribution in [0.1, 0.15) is 6.42 Å². The fraction of sp³-hybridized carbons (Fsp3) is 0.500. The first-order chi connectivity index (χ1) is 2.71. The Hall–Kier alpha value is 0.100. The van der Waals surface area contributed by atoms with E-state index in [1.54, 1.807) is 0 Å². The highest BCUT2D eigenvalue weighted by Gasteiger charge is 2.23. The maximum atomic E-state index is 12.1. The Bertz CT molecular complexity index is 85.5. The van der Waals surface area contributed by atoms with E-state index in [1.165, 1.54) is 6.08 Å². The lowest BCUT2D eigenvalue weighted by Crippen LogP contribution is -2.14. The molecule has 34 valence electrons. The van der Waals surface area contributed by atoms with Gasteiger partial charge in [-0.3, -0.25) is 0 Å². The summed E-state index contributed by atoms with van der Waals surface area (Å²) in [7, 11) is 2.12. The van der Waals surface area contributed by atoms with E-state index >= 15 is 0 Å². The lowest BCUT2D eigenvalue weighted by atomic mass is 10.1. The summed E-state index contributed by atoms with van der Waals surface area (Å²) in [5.74, 6) is 0. The molecule has 2 unspecified atom stereocenters. The molecular formula is C4H6FP. The van der Waals surface area contributed by atoms with Crippen LogP contribution in [-0.4, -0.2) is 5.41 Å². The van der Waals surface area contributed by atoms with E-state index in [9.17, 15) is 4.39 Å². The van der Waals surface area contributed by atoms with E-state index in [4.69, 9.17) is 0 Å². The summed E-state index contributed by atoms with van der Waals surface area (Å²) in [5, 5.41) is -1.04. The van der Waals surface area contributed by atoms with Gasteiger partial charge in [0, 0.05) is 6.42 Å². The average molecular weight is 104 g/mol. The zero-order valence-electron chi connectivity index (χ0n) is 3.32. The SMILES string of the molecule is FC1(P)C=CC1. The zero-order valence-corrected chi connectivity index (χ0v) is 4.47. The van der Waals surface area contributed by atoms with E-state index in [2.05, 4.69) is 9.24 Å². The molecule has 2 heteroatoms. The van der Waals surface area contributed by atoms with Crippen molar-refractivity contribution in [3.63, 3.8) is 0 Å². The molecular weight excluding hydrogens is 98.0 g/mol.